The molecule has 2 saturated heterocycles. The SMILES string of the molecule is CCn1nc(C2CCN(C(=O)[C@@H]3COC(C)(C)O3)CC2)nc1-c1cnc(N)c(-c2nnc(C(C)(C)C)o2)n1. The van der Waals surface area contributed by atoms with E-state index in [2.05, 4.69) is 20.2 Å². The Morgan fingerprint density at radius 3 is 2.53 bits per heavy atom. The van der Waals surface area contributed by atoms with Crippen LogP contribution in [0.3, 0.4) is 0 Å². The van der Waals surface area contributed by atoms with E-state index in [1.54, 1.807) is 10.9 Å². The highest BCUT2D eigenvalue weighted by Gasteiger charge is 2.40. The largest absolute Gasteiger partial charge is 0.419 e. The van der Waals surface area contributed by atoms with E-state index in [0.717, 1.165) is 18.7 Å². The molecule has 0 saturated carbocycles. The first kappa shape index (κ1) is 26.2. The molecule has 2 aliphatic rings. The lowest BCUT2D eigenvalue weighted by Gasteiger charge is -2.32. The van der Waals surface area contributed by atoms with Gasteiger partial charge in [0.05, 0.1) is 12.8 Å². The number of carbonyl (C=O) groups excluding carboxylic acids is 1. The van der Waals surface area contributed by atoms with Crippen molar-refractivity contribution < 1.29 is 18.7 Å². The standard InChI is InChI=1S/C25H35N9O4/c1-7-34-20(15-12-27-18(26)17(28-15)21-30-31-23(37-21)24(2,3)4)29-19(32-34)14-8-10-33(11-9-14)22(35)16-13-36-25(5,6)38-16/h12,14,16H,7-11,13H2,1-6H3,(H2,26,27)/t16-/m0/s1. The van der Waals surface area contributed by atoms with Gasteiger partial charge >= 0.3 is 0 Å². The molecular formula is C25H35N9O4. The summed E-state index contributed by atoms with van der Waals surface area (Å²) < 4.78 is 19.0. The van der Waals surface area contributed by atoms with Crippen molar-refractivity contribution in [3.63, 3.8) is 0 Å². The van der Waals surface area contributed by atoms with Gasteiger partial charge in [0.25, 0.3) is 11.8 Å². The number of rotatable bonds is 5. The van der Waals surface area contributed by atoms with Gasteiger partial charge in [-0.15, -0.1) is 10.2 Å². The molecule has 13 heteroatoms. The van der Waals surface area contributed by atoms with E-state index >= 15 is 0 Å². The Morgan fingerprint density at radius 1 is 1.18 bits per heavy atom. The van der Waals surface area contributed by atoms with Crippen molar-refractivity contribution in [2.75, 3.05) is 25.4 Å². The molecule has 0 spiro atoms. The van der Waals surface area contributed by atoms with Gasteiger partial charge in [0.2, 0.25) is 5.89 Å². The van der Waals surface area contributed by atoms with E-state index in [0.29, 0.717) is 42.7 Å². The lowest BCUT2D eigenvalue weighted by Crippen LogP contribution is -2.45. The maximum absolute atomic E-state index is 12.9. The number of aryl methyl sites for hydroxylation is 1. The minimum Gasteiger partial charge on any atom is -0.419 e. The van der Waals surface area contributed by atoms with Crippen LogP contribution in [0.1, 0.15) is 72.0 Å². The van der Waals surface area contributed by atoms with Crippen molar-refractivity contribution in [2.45, 2.75) is 84.2 Å². The summed E-state index contributed by atoms with van der Waals surface area (Å²) in [6.07, 6.45) is 2.53. The summed E-state index contributed by atoms with van der Waals surface area (Å²) in [5, 5.41) is 13.0. The van der Waals surface area contributed by atoms with Crippen molar-refractivity contribution in [1.29, 1.82) is 0 Å². The minimum atomic E-state index is -0.727. The highest BCUT2D eigenvalue weighted by Crippen LogP contribution is 2.31. The molecule has 38 heavy (non-hydrogen) atoms. The second-order valence-electron chi connectivity index (χ2n) is 11.2. The molecule has 0 radical (unpaired) electrons. The predicted molar refractivity (Wildman–Crippen MR) is 137 cm³/mol. The van der Waals surface area contributed by atoms with Crippen molar-refractivity contribution in [3.05, 3.63) is 17.9 Å². The van der Waals surface area contributed by atoms with Crippen LogP contribution in [0, 0.1) is 0 Å². The summed E-state index contributed by atoms with van der Waals surface area (Å²) in [6, 6.07) is 0. The molecule has 0 unspecified atom stereocenters. The monoisotopic (exact) mass is 525 g/mol. The van der Waals surface area contributed by atoms with Gasteiger partial charge in [-0.1, -0.05) is 20.8 Å². The number of amides is 1. The lowest BCUT2D eigenvalue weighted by molar-refractivity contribution is -0.160. The molecule has 204 valence electrons. The first-order chi connectivity index (χ1) is 17.9. The predicted octanol–water partition coefficient (Wildman–Crippen LogP) is 2.54. The van der Waals surface area contributed by atoms with E-state index < -0.39 is 11.9 Å². The number of ether oxygens (including phenoxy) is 2. The molecule has 2 fully saturated rings. The number of likely N-dealkylation sites (tertiary alicyclic amines) is 1. The zero-order valence-corrected chi connectivity index (χ0v) is 22.8. The Labute approximate surface area is 221 Å². The van der Waals surface area contributed by atoms with Crippen LogP contribution in [-0.2, 0) is 26.2 Å². The van der Waals surface area contributed by atoms with Crippen LogP contribution in [0.4, 0.5) is 5.82 Å². The van der Waals surface area contributed by atoms with Gasteiger partial charge in [0.1, 0.15) is 5.69 Å². The normalized spacial score (nSPS) is 20.3. The van der Waals surface area contributed by atoms with Crippen LogP contribution in [0.25, 0.3) is 23.1 Å². The number of piperidine rings is 1. The van der Waals surface area contributed by atoms with E-state index in [1.807, 2.05) is 46.4 Å². The lowest BCUT2D eigenvalue weighted by atomic mass is 9.96. The van der Waals surface area contributed by atoms with Gasteiger partial charge in [-0.2, -0.15) is 5.10 Å². The Balaban J connectivity index is 1.33. The van der Waals surface area contributed by atoms with Crippen LogP contribution < -0.4 is 5.73 Å². The Hall–Kier alpha value is -3.45. The Kier molecular flexibility index (Phi) is 6.68. The van der Waals surface area contributed by atoms with Crippen LogP contribution in [0.2, 0.25) is 0 Å². The van der Waals surface area contributed by atoms with Gasteiger partial charge in [-0.05, 0) is 33.6 Å². The highest BCUT2D eigenvalue weighted by molar-refractivity contribution is 5.81. The number of aromatic nitrogens is 7. The summed E-state index contributed by atoms with van der Waals surface area (Å²) in [5.41, 5.74) is 6.63. The third kappa shape index (κ3) is 5.12. The highest BCUT2D eigenvalue weighted by atomic mass is 16.7. The van der Waals surface area contributed by atoms with E-state index in [-0.39, 0.29) is 35.6 Å². The molecule has 3 aromatic heterocycles. The fraction of sp³-hybridized carbons (Fsp3) is 0.640. The molecule has 2 aliphatic heterocycles. The quantitative estimate of drug-likeness (QED) is 0.521. The van der Waals surface area contributed by atoms with Gasteiger partial charge < -0.3 is 24.5 Å². The van der Waals surface area contributed by atoms with Crippen molar-refractivity contribution in [2.24, 2.45) is 0 Å². The number of carbonyl (C=O) groups is 1. The topological polar surface area (TPSA) is 160 Å². The second-order valence-corrected chi connectivity index (χ2v) is 11.2. The number of nitrogens with two attached hydrogens (primary N) is 1. The zero-order chi connectivity index (χ0) is 27.2. The number of nitrogens with zero attached hydrogens (tertiary/aromatic N) is 8. The average Bonchev–Trinajstić information content (AvgIpc) is 3.62. The Morgan fingerprint density at radius 2 is 1.92 bits per heavy atom. The molecule has 1 atom stereocenters. The number of anilines is 1. The maximum Gasteiger partial charge on any atom is 0.270 e. The third-order valence-electron chi connectivity index (χ3n) is 6.74. The molecule has 5 rings (SSSR count). The number of hydrogen-bond donors (Lipinski definition) is 1. The van der Waals surface area contributed by atoms with Crippen LogP contribution >= 0.6 is 0 Å². The zero-order valence-electron chi connectivity index (χ0n) is 22.8. The third-order valence-corrected chi connectivity index (χ3v) is 6.74. The van der Waals surface area contributed by atoms with E-state index in [4.69, 9.17) is 29.7 Å². The molecule has 2 N–H and O–H groups in total. The first-order valence-corrected chi connectivity index (χ1v) is 13.0. The van der Waals surface area contributed by atoms with Gasteiger partial charge in [0.15, 0.2) is 35.1 Å². The average molecular weight is 526 g/mol. The first-order valence-electron chi connectivity index (χ1n) is 13.0. The van der Waals surface area contributed by atoms with Crippen molar-refractivity contribution in [3.8, 4) is 23.1 Å². The van der Waals surface area contributed by atoms with Gasteiger partial charge in [-0.25, -0.2) is 19.6 Å². The molecule has 13 nitrogen and oxygen atoms in total. The number of hydrogen-bond acceptors (Lipinski definition) is 11. The second kappa shape index (κ2) is 9.70. The minimum absolute atomic E-state index is 0.0258. The molecule has 0 aliphatic carbocycles. The summed E-state index contributed by atoms with van der Waals surface area (Å²) >= 11 is 0. The number of nitrogen functional groups attached to an aromatic ring is 1. The molecular weight excluding hydrogens is 490 g/mol. The molecule has 1 amide bonds. The molecule has 0 bridgehead atoms. The van der Waals surface area contributed by atoms with Crippen molar-refractivity contribution >= 4 is 11.7 Å². The fourth-order valence-electron chi connectivity index (χ4n) is 4.60. The molecule has 5 heterocycles. The van der Waals surface area contributed by atoms with Gasteiger partial charge in [-0.3, -0.25) is 4.79 Å². The maximum atomic E-state index is 12.9. The smallest absolute Gasteiger partial charge is 0.270 e. The Bertz CT molecular complexity index is 1320. The molecule has 0 aromatic carbocycles. The van der Waals surface area contributed by atoms with Gasteiger partial charge in [0, 0.05) is 31.0 Å². The van der Waals surface area contributed by atoms with Crippen LogP contribution in [0.15, 0.2) is 10.6 Å². The van der Waals surface area contributed by atoms with Crippen LogP contribution in [-0.4, -0.2) is 77.3 Å². The van der Waals surface area contributed by atoms with Crippen molar-refractivity contribution in [1.82, 2.24) is 39.8 Å². The molecule has 3 aromatic rings. The fourth-order valence-corrected chi connectivity index (χ4v) is 4.60. The summed E-state index contributed by atoms with van der Waals surface area (Å²) in [4.78, 5) is 28.6. The van der Waals surface area contributed by atoms with E-state index in [9.17, 15) is 4.79 Å². The van der Waals surface area contributed by atoms with Crippen LogP contribution in [0.5, 0.6) is 0 Å². The summed E-state index contributed by atoms with van der Waals surface area (Å²) in [6.45, 7) is 13.7. The summed E-state index contributed by atoms with van der Waals surface area (Å²) in [7, 11) is 0. The van der Waals surface area contributed by atoms with E-state index in [1.165, 1.54) is 0 Å². The summed E-state index contributed by atoms with van der Waals surface area (Å²) in [5.74, 6) is 1.57.